The molecule has 1 aromatic heterocycles. The lowest BCUT2D eigenvalue weighted by molar-refractivity contribution is 0.299. The smallest absolute Gasteiger partial charge is 0.141 e. The van der Waals surface area contributed by atoms with Crippen LogP contribution >= 0.6 is 0 Å². The minimum Gasteiger partial charge on any atom is -0.493 e. The van der Waals surface area contributed by atoms with Gasteiger partial charge in [0.05, 0.1) is 17.6 Å². The summed E-state index contributed by atoms with van der Waals surface area (Å²) in [7, 11) is 0. The summed E-state index contributed by atoms with van der Waals surface area (Å²) in [5.41, 5.74) is 5.72. The van der Waals surface area contributed by atoms with Crippen molar-refractivity contribution < 1.29 is 4.74 Å². The quantitative estimate of drug-likeness (QED) is 0.409. The van der Waals surface area contributed by atoms with E-state index in [1.165, 1.54) is 16.6 Å². The first-order valence-electron chi connectivity index (χ1n) is 9.44. The molecule has 4 rings (SSSR count). The molecule has 0 aliphatic heterocycles. The van der Waals surface area contributed by atoms with E-state index in [4.69, 9.17) is 9.72 Å². The summed E-state index contributed by atoms with van der Waals surface area (Å²) in [5, 5.41) is 0. The number of hydrogen-bond acceptors (Lipinski definition) is 2. The minimum atomic E-state index is 0.687. The van der Waals surface area contributed by atoms with Crippen molar-refractivity contribution >= 4 is 11.0 Å². The Morgan fingerprint density at radius 2 is 1.52 bits per heavy atom. The Hall–Kier alpha value is -3.07. The Balaban J connectivity index is 1.55. The van der Waals surface area contributed by atoms with Crippen LogP contribution in [0.2, 0.25) is 0 Å². The molecule has 3 aromatic carbocycles. The molecule has 0 amide bonds. The first-order chi connectivity index (χ1) is 13.2. The number of nitrogens with zero attached hydrogens (tertiary/aromatic N) is 2. The third-order valence-electron chi connectivity index (χ3n) is 4.87. The Morgan fingerprint density at radius 1 is 0.815 bits per heavy atom. The lowest BCUT2D eigenvalue weighted by atomic mass is 10.1. The number of imidazole rings is 1. The third kappa shape index (κ3) is 3.59. The van der Waals surface area contributed by atoms with Crippen LogP contribution in [0.4, 0.5) is 0 Å². The molecule has 1 heterocycles. The molecule has 0 atom stereocenters. The van der Waals surface area contributed by atoms with Gasteiger partial charge < -0.3 is 9.30 Å². The zero-order valence-electron chi connectivity index (χ0n) is 15.9. The summed E-state index contributed by atoms with van der Waals surface area (Å²) in [5.74, 6) is 2.03. The first-order valence-corrected chi connectivity index (χ1v) is 9.44. The molecule has 0 spiro atoms. The van der Waals surface area contributed by atoms with Crippen LogP contribution in [0.1, 0.15) is 17.5 Å². The van der Waals surface area contributed by atoms with Gasteiger partial charge in [-0.1, -0.05) is 60.7 Å². The van der Waals surface area contributed by atoms with Crippen molar-refractivity contribution in [1.29, 1.82) is 0 Å². The second-order valence-electron chi connectivity index (χ2n) is 6.86. The van der Waals surface area contributed by atoms with E-state index in [0.717, 1.165) is 35.6 Å². The van der Waals surface area contributed by atoms with Gasteiger partial charge in [0.25, 0.3) is 0 Å². The zero-order valence-corrected chi connectivity index (χ0v) is 15.9. The van der Waals surface area contributed by atoms with Gasteiger partial charge in [-0.25, -0.2) is 4.98 Å². The molecule has 0 fully saturated rings. The van der Waals surface area contributed by atoms with Crippen molar-refractivity contribution in [3.8, 4) is 17.1 Å². The monoisotopic (exact) mass is 356 g/mol. The molecule has 0 N–H and O–H groups in total. The summed E-state index contributed by atoms with van der Waals surface area (Å²) in [6, 6.07) is 25.0. The average molecular weight is 356 g/mol. The van der Waals surface area contributed by atoms with E-state index in [-0.39, 0.29) is 0 Å². The van der Waals surface area contributed by atoms with Gasteiger partial charge in [0, 0.05) is 12.1 Å². The van der Waals surface area contributed by atoms with Gasteiger partial charge in [0.15, 0.2) is 0 Å². The maximum atomic E-state index is 6.09. The van der Waals surface area contributed by atoms with Crippen molar-refractivity contribution in [3.63, 3.8) is 0 Å². The van der Waals surface area contributed by atoms with Crippen molar-refractivity contribution in [2.45, 2.75) is 26.8 Å². The zero-order chi connectivity index (χ0) is 18.6. The highest BCUT2D eigenvalue weighted by Crippen LogP contribution is 2.26. The van der Waals surface area contributed by atoms with E-state index in [2.05, 4.69) is 79.1 Å². The van der Waals surface area contributed by atoms with Gasteiger partial charge in [0.2, 0.25) is 0 Å². The van der Waals surface area contributed by atoms with Crippen LogP contribution in [0.5, 0.6) is 5.75 Å². The number of rotatable bonds is 6. The first kappa shape index (κ1) is 17.3. The number of aromatic nitrogens is 2. The molecule has 3 heteroatoms. The highest BCUT2D eigenvalue weighted by Gasteiger charge is 2.12. The fourth-order valence-electron chi connectivity index (χ4n) is 3.53. The van der Waals surface area contributed by atoms with E-state index in [0.29, 0.717) is 6.61 Å². The number of ether oxygens (including phenoxy) is 1. The van der Waals surface area contributed by atoms with Gasteiger partial charge in [-0.2, -0.15) is 0 Å². The summed E-state index contributed by atoms with van der Waals surface area (Å²) in [6.45, 7) is 5.75. The molecule has 0 unspecified atom stereocenters. The molecular weight excluding hydrogens is 332 g/mol. The largest absolute Gasteiger partial charge is 0.493 e. The second kappa shape index (κ2) is 7.67. The average Bonchev–Trinajstić information content (AvgIpc) is 3.06. The van der Waals surface area contributed by atoms with Crippen LogP contribution in [0.25, 0.3) is 22.4 Å². The fraction of sp³-hybridized carbons (Fsp3) is 0.208. The molecule has 3 nitrogen and oxygen atoms in total. The normalized spacial score (nSPS) is 11.0. The Bertz CT molecular complexity index is 1030. The molecule has 0 saturated heterocycles. The van der Waals surface area contributed by atoms with Crippen LogP contribution in [0, 0.1) is 13.8 Å². The van der Waals surface area contributed by atoms with E-state index < -0.39 is 0 Å². The molecule has 4 aromatic rings. The van der Waals surface area contributed by atoms with E-state index in [1.54, 1.807) is 0 Å². The molecule has 0 aliphatic carbocycles. The summed E-state index contributed by atoms with van der Waals surface area (Å²) < 4.78 is 8.39. The van der Waals surface area contributed by atoms with E-state index in [1.807, 2.05) is 12.1 Å². The third-order valence-corrected chi connectivity index (χ3v) is 4.87. The lowest BCUT2D eigenvalue weighted by Gasteiger charge is -2.13. The summed E-state index contributed by atoms with van der Waals surface area (Å²) >= 11 is 0. The topological polar surface area (TPSA) is 27.1 Å². The second-order valence-corrected chi connectivity index (χ2v) is 6.86. The van der Waals surface area contributed by atoms with Crippen LogP contribution in [0.15, 0.2) is 72.8 Å². The molecule has 0 bridgehead atoms. The van der Waals surface area contributed by atoms with Crippen molar-refractivity contribution in [2.75, 3.05) is 6.61 Å². The summed E-state index contributed by atoms with van der Waals surface area (Å²) in [6.07, 6.45) is 0.925. The molecule has 0 aliphatic rings. The highest BCUT2D eigenvalue weighted by molar-refractivity contribution is 5.80. The van der Waals surface area contributed by atoms with Crippen LogP contribution in [-0.2, 0) is 6.54 Å². The predicted molar refractivity (Wildman–Crippen MR) is 111 cm³/mol. The van der Waals surface area contributed by atoms with Gasteiger partial charge in [0.1, 0.15) is 11.6 Å². The molecular formula is C24H24N2O. The number of benzene rings is 3. The fourth-order valence-corrected chi connectivity index (χ4v) is 3.53. The van der Waals surface area contributed by atoms with Crippen molar-refractivity contribution in [2.24, 2.45) is 0 Å². The number of aryl methyl sites for hydroxylation is 3. The standard InChI is InChI=1S/C24H24N2O/c1-18-10-8-11-19(2)23(18)27-17-9-16-26-22-15-7-6-14-21(22)25-24(26)20-12-4-3-5-13-20/h3-8,10-15H,9,16-17H2,1-2H3. The molecule has 0 radical (unpaired) electrons. The Labute approximate surface area is 160 Å². The maximum absolute atomic E-state index is 6.09. The van der Waals surface area contributed by atoms with E-state index >= 15 is 0 Å². The van der Waals surface area contributed by atoms with Crippen LogP contribution in [-0.4, -0.2) is 16.2 Å². The maximum Gasteiger partial charge on any atom is 0.141 e. The van der Waals surface area contributed by atoms with Gasteiger partial charge in [-0.3, -0.25) is 0 Å². The molecule has 27 heavy (non-hydrogen) atoms. The van der Waals surface area contributed by atoms with Gasteiger partial charge in [-0.05, 0) is 43.5 Å². The molecule has 0 saturated carbocycles. The SMILES string of the molecule is Cc1cccc(C)c1OCCCn1c(-c2ccccc2)nc2ccccc21. The van der Waals surface area contributed by atoms with Crippen LogP contribution in [0.3, 0.4) is 0 Å². The predicted octanol–water partition coefficient (Wildman–Crippen LogP) is 5.79. The van der Waals surface area contributed by atoms with Crippen molar-refractivity contribution in [1.82, 2.24) is 9.55 Å². The van der Waals surface area contributed by atoms with Crippen molar-refractivity contribution in [3.05, 3.63) is 83.9 Å². The van der Waals surface area contributed by atoms with Crippen LogP contribution < -0.4 is 4.74 Å². The Morgan fingerprint density at radius 3 is 2.30 bits per heavy atom. The number of fused-ring (bicyclic) bond motifs is 1. The minimum absolute atomic E-state index is 0.687. The lowest BCUT2D eigenvalue weighted by Crippen LogP contribution is -2.07. The van der Waals surface area contributed by atoms with E-state index in [9.17, 15) is 0 Å². The number of para-hydroxylation sites is 3. The Kier molecular flexibility index (Phi) is 4.93. The molecule has 136 valence electrons. The number of hydrogen-bond donors (Lipinski definition) is 0. The van der Waals surface area contributed by atoms with Gasteiger partial charge >= 0.3 is 0 Å². The highest BCUT2D eigenvalue weighted by atomic mass is 16.5. The summed E-state index contributed by atoms with van der Waals surface area (Å²) in [4.78, 5) is 4.87. The van der Waals surface area contributed by atoms with Gasteiger partial charge in [-0.15, -0.1) is 0 Å².